The number of halogens is 1. The lowest BCUT2D eigenvalue weighted by Gasteiger charge is -2.18. The molecule has 5 nitrogen and oxygen atoms in total. The summed E-state index contributed by atoms with van der Waals surface area (Å²) in [6, 6.07) is 9.63. The molecule has 28 heavy (non-hydrogen) atoms. The minimum Gasteiger partial charge on any atom is -0.337 e. The molecule has 142 valence electrons. The van der Waals surface area contributed by atoms with Crippen LogP contribution in [0.25, 0.3) is 16.3 Å². The van der Waals surface area contributed by atoms with Crippen LogP contribution in [0, 0.1) is 0 Å². The highest BCUT2D eigenvalue weighted by Gasteiger charge is 2.18. The average molecular weight is 429 g/mol. The number of rotatable bonds is 7. The van der Waals surface area contributed by atoms with Crippen molar-refractivity contribution >= 4 is 61.6 Å². The van der Waals surface area contributed by atoms with Gasteiger partial charge in [0.1, 0.15) is 5.52 Å². The summed E-state index contributed by atoms with van der Waals surface area (Å²) < 4.78 is 2.97. The molecule has 0 bridgehead atoms. The van der Waals surface area contributed by atoms with Crippen LogP contribution in [0.2, 0.25) is 5.02 Å². The monoisotopic (exact) mass is 428 g/mol. The minimum atomic E-state index is -0.0887. The van der Waals surface area contributed by atoms with Gasteiger partial charge >= 0.3 is 0 Å². The van der Waals surface area contributed by atoms with E-state index in [9.17, 15) is 4.79 Å². The molecule has 0 saturated carbocycles. The maximum atomic E-state index is 13.0. The molecule has 3 heterocycles. The predicted octanol–water partition coefficient (Wildman–Crippen LogP) is 5.34. The van der Waals surface area contributed by atoms with Crippen LogP contribution in [-0.2, 0) is 11.3 Å². The van der Waals surface area contributed by atoms with Gasteiger partial charge in [-0.3, -0.25) is 9.69 Å². The van der Waals surface area contributed by atoms with Crippen LogP contribution in [0.15, 0.2) is 60.5 Å². The molecule has 1 aromatic carbocycles. The Hall–Kier alpha value is -2.48. The Morgan fingerprint density at radius 3 is 2.96 bits per heavy atom. The third-order valence-electron chi connectivity index (χ3n) is 4.15. The second-order valence-corrected chi connectivity index (χ2v) is 8.47. The SMILES string of the molecule is O=C(/C=C/c1cccs1)N(CCCn1ccnc1)c1nc2c(Cl)cccc2s1. The van der Waals surface area contributed by atoms with Crippen LogP contribution in [-0.4, -0.2) is 27.0 Å². The zero-order valence-electron chi connectivity index (χ0n) is 14.9. The summed E-state index contributed by atoms with van der Waals surface area (Å²) >= 11 is 9.35. The lowest BCUT2D eigenvalue weighted by atomic mass is 10.3. The van der Waals surface area contributed by atoms with Gasteiger partial charge in [0.15, 0.2) is 5.13 Å². The smallest absolute Gasteiger partial charge is 0.252 e. The van der Waals surface area contributed by atoms with Gasteiger partial charge in [-0.2, -0.15) is 0 Å². The first-order valence-corrected chi connectivity index (χ1v) is 10.8. The van der Waals surface area contributed by atoms with Gasteiger partial charge in [0.2, 0.25) is 0 Å². The Morgan fingerprint density at radius 1 is 1.29 bits per heavy atom. The highest BCUT2D eigenvalue weighted by Crippen LogP contribution is 2.33. The number of fused-ring (bicyclic) bond motifs is 1. The van der Waals surface area contributed by atoms with Crippen molar-refractivity contribution in [3.05, 3.63) is 70.4 Å². The number of amides is 1. The zero-order valence-corrected chi connectivity index (χ0v) is 17.3. The number of aromatic nitrogens is 3. The minimum absolute atomic E-state index is 0.0887. The molecule has 0 aliphatic rings. The maximum Gasteiger partial charge on any atom is 0.252 e. The summed E-state index contributed by atoms with van der Waals surface area (Å²) in [5.74, 6) is -0.0887. The number of thiazole rings is 1. The molecule has 1 amide bonds. The Morgan fingerprint density at radius 2 is 2.21 bits per heavy atom. The van der Waals surface area contributed by atoms with Crippen molar-refractivity contribution < 1.29 is 4.79 Å². The topological polar surface area (TPSA) is 51.0 Å². The van der Waals surface area contributed by atoms with E-state index in [2.05, 4.69) is 9.97 Å². The van der Waals surface area contributed by atoms with Gasteiger partial charge < -0.3 is 4.57 Å². The molecule has 0 radical (unpaired) electrons. The number of imidazole rings is 1. The van der Waals surface area contributed by atoms with Gasteiger partial charge in [-0.05, 0) is 36.1 Å². The van der Waals surface area contributed by atoms with Crippen LogP contribution in [0.4, 0.5) is 5.13 Å². The molecule has 0 aliphatic carbocycles. The third kappa shape index (κ3) is 4.32. The average Bonchev–Trinajstić information content (AvgIpc) is 3.45. The molecule has 4 aromatic rings. The van der Waals surface area contributed by atoms with Crippen molar-refractivity contribution in [2.75, 3.05) is 11.4 Å². The van der Waals surface area contributed by atoms with Crippen molar-refractivity contribution in [2.45, 2.75) is 13.0 Å². The summed E-state index contributed by atoms with van der Waals surface area (Å²) in [5.41, 5.74) is 0.735. The molecule has 0 atom stereocenters. The molecule has 0 fully saturated rings. The quantitative estimate of drug-likeness (QED) is 0.373. The fraction of sp³-hybridized carbons (Fsp3) is 0.150. The number of anilines is 1. The van der Waals surface area contributed by atoms with E-state index >= 15 is 0 Å². The molecular formula is C20H17ClN4OS2. The first-order valence-electron chi connectivity index (χ1n) is 8.74. The Labute approximate surface area is 175 Å². The van der Waals surface area contributed by atoms with E-state index in [1.165, 1.54) is 11.3 Å². The van der Waals surface area contributed by atoms with E-state index < -0.39 is 0 Å². The van der Waals surface area contributed by atoms with E-state index in [0.29, 0.717) is 16.7 Å². The van der Waals surface area contributed by atoms with Crippen LogP contribution in [0.5, 0.6) is 0 Å². The molecule has 3 aromatic heterocycles. The number of hydrogen-bond donors (Lipinski definition) is 0. The van der Waals surface area contributed by atoms with Crippen LogP contribution in [0.1, 0.15) is 11.3 Å². The molecule has 0 saturated heterocycles. The summed E-state index contributed by atoms with van der Waals surface area (Å²) in [4.78, 5) is 24.4. The standard InChI is InChI=1S/C20H17ClN4OS2/c21-16-5-1-6-17-19(16)23-20(28-17)25(11-3-10-24-12-9-22-14-24)18(26)8-7-15-4-2-13-27-15/h1-2,4-9,12-14H,3,10-11H2/b8-7+. The lowest BCUT2D eigenvalue weighted by molar-refractivity contribution is -0.114. The molecule has 8 heteroatoms. The van der Waals surface area contributed by atoms with E-state index in [-0.39, 0.29) is 5.91 Å². The van der Waals surface area contributed by atoms with E-state index in [4.69, 9.17) is 11.6 Å². The summed E-state index contributed by atoms with van der Waals surface area (Å²) in [5, 5.41) is 3.25. The number of benzene rings is 1. The molecular weight excluding hydrogens is 412 g/mol. The zero-order chi connectivity index (χ0) is 19.3. The van der Waals surface area contributed by atoms with Crippen molar-refractivity contribution in [1.82, 2.24) is 14.5 Å². The highest BCUT2D eigenvalue weighted by atomic mass is 35.5. The van der Waals surface area contributed by atoms with Gasteiger partial charge in [-0.15, -0.1) is 11.3 Å². The number of para-hydroxylation sites is 1. The van der Waals surface area contributed by atoms with Gasteiger partial charge in [0.05, 0.1) is 16.0 Å². The van der Waals surface area contributed by atoms with Gasteiger partial charge in [0, 0.05) is 36.4 Å². The van der Waals surface area contributed by atoms with Crippen molar-refractivity contribution in [1.29, 1.82) is 0 Å². The molecule has 0 unspecified atom stereocenters. The fourth-order valence-electron chi connectivity index (χ4n) is 2.78. The van der Waals surface area contributed by atoms with Crippen molar-refractivity contribution in [3.63, 3.8) is 0 Å². The molecule has 0 N–H and O–H groups in total. The number of aryl methyl sites for hydroxylation is 1. The van der Waals surface area contributed by atoms with Gasteiger partial charge in [-0.1, -0.05) is 35.1 Å². The molecule has 0 aliphatic heterocycles. The lowest BCUT2D eigenvalue weighted by Crippen LogP contribution is -2.30. The first kappa shape index (κ1) is 18.9. The highest BCUT2D eigenvalue weighted by molar-refractivity contribution is 7.22. The third-order valence-corrected chi connectivity index (χ3v) is 6.33. The predicted molar refractivity (Wildman–Crippen MR) is 117 cm³/mol. The van der Waals surface area contributed by atoms with Crippen LogP contribution < -0.4 is 4.90 Å². The summed E-state index contributed by atoms with van der Waals surface area (Å²) in [6.45, 7) is 1.34. The van der Waals surface area contributed by atoms with Crippen LogP contribution >= 0.6 is 34.3 Å². The molecule has 4 rings (SSSR count). The maximum absolute atomic E-state index is 13.0. The largest absolute Gasteiger partial charge is 0.337 e. The van der Waals surface area contributed by atoms with E-state index in [0.717, 1.165) is 28.1 Å². The Bertz CT molecular complexity index is 1090. The number of thiophene rings is 1. The number of carbonyl (C=O) groups is 1. The van der Waals surface area contributed by atoms with Crippen molar-refractivity contribution in [2.24, 2.45) is 0 Å². The first-order chi connectivity index (χ1) is 13.7. The fourth-order valence-corrected chi connectivity index (χ4v) is 4.69. The van der Waals surface area contributed by atoms with E-state index in [1.54, 1.807) is 34.8 Å². The van der Waals surface area contributed by atoms with Gasteiger partial charge in [0.25, 0.3) is 5.91 Å². The van der Waals surface area contributed by atoms with Gasteiger partial charge in [-0.25, -0.2) is 9.97 Å². The normalized spacial score (nSPS) is 11.5. The van der Waals surface area contributed by atoms with E-state index in [1.807, 2.05) is 52.6 Å². The molecule has 0 spiro atoms. The number of carbonyl (C=O) groups excluding carboxylic acids is 1. The number of nitrogens with zero attached hydrogens (tertiary/aromatic N) is 4. The Balaban J connectivity index is 1.57. The van der Waals surface area contributed by atoms with Crippen molar-refractivity contribution in [3.8, 4) is 0 Å². The van der Waals surface area contributed by atoms with Crippen LogP contribution in [0.3, 0.4) is 0 Å². The number of hydrogen-bond acceptors (Lipinski definition) is 5. The summed E-state index contributed by atoms with van der Waals surface area (Å²) in [6.07, 6.45) is 9.69. The second-order valence-electron chi connectivity index (χ2n) is 6.08. The second kappa shape index (κ2) is 8.68. The summed E-state index contributed by atoms with van der Waals surface area (Å²) in [7, 11) is 0. The Kier molecular flexibility index (Phi) is 5.85.